The van der Waals surface area contributed by atoms with Gasteiger partial charge in [0.25, 0.3) is 0 Å². The molecule has 1 aromatic carbocycles. The van der Waals surface area contributed by atoms with Gasteiger partial charge in [-0.25, -0.2) is 9.69 Å². The van der Waals surface area contributed by atoms with Gasteiger partial charge in [0.2, 0.25) is 6.41 Å². The molecule has 0 radical (unpaired) electrons. The number of imide groups is 1. The number of hydrogen-bond acceptors (Lipinski definition) is 10. The van der Waals surface area contributed by atoms with Gasteiger partial charge >= 0.3 is 6.09 Å². The van der Waals surface area contributed by atoms with Crippen LogP contribution in [0.15, 0.2) is 15.9 Å². The van der Waals surface area contributed by atoms with Crippen LogP contribution in [0.1, 0.15) is 26.3 Å². The van der Waals surface area contributed by atoms with Crippen LogP contribution in [0, 0.1) is 0 Å². The van der Waals surface area contributed by atoms with Gasteiger partial charge in [-0.3, -0.25) is 4.79 Å². The lowest BCUT2D eigenvalue weighted by molar-refractivity contribution is -0.117. The Bertz CT molecular complexity index is 695. The molecule has 6 nitrogen and oxygen atoms in total. The van der Waals surface area contributed by atoms with E-state index in [1.165, 1.54) is 0 Å². The average molecular weight is 468 g/mol. The number of fused-ring (bicyclic) bond motifs is 1. The standard InChI is InChI=1S/C16H21NO5S5/c1-16(2,3)22-15(19)17(9-18)7-6-10-8-11(20-4)12(21-5)14-13(10)23-25-27-26-24-14/h8-9H,6-7H2,1-5H3. The van der Waals surface area contributed by atoms with E-state index < -0.39 is 11.7 Å². The summed E-state index contributed by atoms with van der Waals surface area (Å²) in [5.74, 6) is 1.33. The Morgan fingerprint density at radius 2 is 1.78 bits per heavy atom. The fourth-order valence-electron chi connectivity index (χ4n) is 2.20. The molecule has 1 aromatic rings. The van der Waals surface area contributed by atoms with Crippen molar-refractivity contribution < 1.29 is 23.8 Å². The van der Waals surface area contributed by atoms with E-state index in [0.29, 0.717) is 24.3 Å². The Morgan fingerprint density at radius 3 is 2.33 bits per heavy atom. The summed E-state index contributed by atoms with van der Waals surface area (Å²) < 4.78 is 16.3. The number of methoxy groups -OCH3 is 2. The third-order valence-corrected chi connectivity index (χ3v) is 11.9. The van der Waals surface area contributed by atoms with Gasteiger partial charge in [0, 0.05) is 11.4 Å². The van der Waals surface area contributed by atoms with Crippen LogP contribution in [-0.2, 0) is 16.0 Å². The van der Waals surface area contributed by atoms with Gasteiger partial charge in [-0.2, -0.15) is 0 Å². The molecule has 11 heteroatoms. The van der Waals surface area contributed by atoms with Crippen LogP contribution in [0.3, 0.4) is 0 Å². The first-order valence-electron chi connectivity index (χ1n) is 7.88. The molecule has 0 bridgehead atoms. The first-order valence-corrected chi connectivity index (χ1v) is 14.0. The molecule has 0 unspecified atom stereocenters. The SMILES string of the molecule is COc1cc(CCN(C=O)C(=O)OC(C)(C)C)c2c(c1OC)SSSSS2. The maximum atomic E-state index is 12.2. The predicted octanol–water partition coefficient (Wildman–Crippen LogP) is 5.70. The van der Waals surface area contributed by atoms with Crippen molar-refractivity contribution in [1.82, 2.24) is 4.90 Å². The minimum absolute atomic E-state index is 0.219. The van der Waals surface area contributed by atoms with Gasteiger partial charge in [0.1, 0.15) is 5.60 Å². The molecule has 1 aliphatic rings. The number of rotatable bonds is 6. The van der Waals surface area contributed by atoms with Crippen molar-refractivity contribution in [3.8, 4) is 11.5 Å². The fraction of sp³-hybridized carbons (Fsp3) is 0.500. The quantitative estimate of drug-likeness (QED) is 0.384. The summed E-state index contributed by atoms with van der Waals surface area (Å²) in [5.41, 5.74) is 0.335. The van der Waals surface area contributed by atoms with Crippen molar-refractivity contribution in [2.24, 2.45) is 0 Å². The zero-order chi connectivity index (χ0) is 20.0. The Hall–Kier alpha value is -0.490. The van der Waals surface area contributed by atoms with Crippen LogP contribution < -0.4 is 9.47 Å². The van der Waals surface area contributed by atoms with Crippen LogP contribution in [0.4, 0.5) is 4.79 Å². The fourth-order valence-corrected chi connectivity index (χ4v) is 11.5. The predicted molar refractivity (Wildman–Crippen MR) is 117 cm³/mol. The molecule has 2 amide bonds. The van der Waals surface area contributed by atoms with Crippen LogP contribution in [-0.4, -0.2) is 43.8 Å². The highest BCUT2D eigenvalue weighted by atomic mass is 33.8. The summed E-state index contributed by atoms with van der Waals surface area (Å²) in [6, 6.07) is 1.91. The molecule has 0 aromatic heterocycles. The highest BCUT2D eigenvalue weighted by Gasteiger charge is 2.26. The summed E-state index contributed by atoms with van der Waals surface area (Å²) in [4.78, 5) is 26.7. The van der Waals surface area contributed by atoms with Crippen LogP contribution >= 0.6 is 51.1 Å². The number of benzene rings is 1. The minimum Gasteiger partial charge on any atom is -0.493 e. The van der Waals surface area contributed by atoms with E-state index in [1.54, 1.807) is 86.1 Å². The largest absolute Gasteiger partial charge is 0.493 e. The molecule has 1 aliphatic heterocycles. The molecule has 1 heterocycles. The normalized spacial score (nSPS) is 14.0. The van der Waals surface area contributed by atoms with E-state index >= 15 is 0 Å². The van der Waals surface area contributed by atoms with Crippen molar-refractivity contribution in [2.45, 2.75) is 42.6 Å². The number of ether oxygens (including phenoxy) is 3. The zero-order valence-electron chi connectivity index (χ0n) is 15.6. The van der Waals surface area contributed by atoms with Crippen LogP contribution in [0.5, 0.6) is 11.5 Å². The smallest absolute Gasteiger partial charge is 0.416 e. The lowest BCUT2D eigenvalue weighted by atomic mass is 10.1. The molecular weight excluding hydrogens is 447 g/mol. The first kappa shape index (κ1) is 22.8. The molecule has 0 fully saturated rings. The third-order valence-electron chi connectivity index (χ3n) is 3.32. The van der Waals surface area contributed by atoms with E-state index in [0.717, 1.165) is 20.3 Å². The van der Waals surface area contributed by atoms with Crippen LogP contribution in [0.2, 0.25) is 0 Å². The van der Waals surface area contributed by atoms with E-state index in [1.807, 2.05) is 6.07 Å². The van der Waals surface area contributed by atoms with Gasteiger partial charge < -0.3 is 14.2 Å². The van der Waals surface area contributed by atoms with Crippen molar-refractivity contribution in [1.29, 1.82) is 0 Å². The summed E-state index contributed by atoms with van der Waals surface area (Å²) in [6.45, 7) is 5.52. The van der Waals surface area contributed by atoms with E-state index in [2.05, 4.69) is 0 Å². The molecule has 27 heavy (non-hydrogen) atoms. The van der Waals surface area contributed by atoms with Gasteiger partial charge in [0.05, 0.1) is 19.1 Å². The third kappa shape index (κ3) is 6.25. The molecule has 0 spiro atoms. The van der Waals surface area contributed by atoms with Gasteiger partial charge in [-0.15, -0.1) is 0 Å². The zero-order valence-corrected chi connectivity index (χ0v) is 19.7. The second kappa shape index (κ2) is 10.3. The minimum atomic E-state index is -0.656. The molecule has 0 N–H and O–H groups in total. The number of carbonyl (C=O) groups is 2. The molecule has 0 aliphatic carbocycles. The Balaban J connectivity index is 2.27. The summed E-state index contributed by atoms with van der Waals surface area (Å²) in [7, 11) is 11.5. The average Bonchev–Trinajstić information content (AvgIpc) is 2.86. The number of hydrogen-bond donors (Lipinski definition) is 0. The van der Waals surface area contributed by atoms with Gasteiger partial charge in [-0.05, 0) is 89.9 Å². The van der Waals surface area contributed by atoms with Crippen molar-refractivity contribution >= 4 is 63.6 Å². The Labute approximate surface area is 178 Å². The maximum Gasteiger partial charge on any atom is 0.416 e. The lowest BCUT2D eigenvalue weighted by Gasteiger charge is -2.24. The molecule has 0 atom stereocenters. The highest BCUT2D eigenvalue weighted by Crippen LogP contribution is 2.63. The van der Waals surface area contributed by atoms with Crippen molar-refractivity contribution in [3.05, 3.63) is 11.6 Å². The Morgan fingerprint density at radius 1 is 1.11 bits per heavy atom. The number of carbonyl (C=O) groups excluding carboxylic acids is 2. The molecule has 0 saturated heterocycles. The highest BCUT2D eigenvalue weighted by molar-refractivity contribution is 9.36. The van der Waals surface area contributed by atoms with E-state index in [9.17, 15) is 9.59 Å². The molecular formula is C16H21NO5S5. The lowest BCUT2D eigenvalue weighted by Crippen LogP contribution is -2.37. The maximum absolute atomic E-state index is 12.2. The van der Waals surface area contributed by atoms with Gasteiger partial charge in [0.15, 0.2) is 11.5 Å². The second-order valence-electron chi connectivity index (χ2n) is 6.33. The number of nitrogens with zero attached hydrogens (tertiary/aromatic N) is 1. The van der Waals surface area contributed by atoms with Crippen LogP contribution in [0.25, 0.3) is 0 Å². The second-order valence-corrected chi connectivity index (χ2v) is 13.8. The van der Waals surface area contributed by atoms with E-state index in [-0.39, 0.29) is 6.54 Å². The Kier molecular flexibility index (Phi) is 8.72. The summed E-state index contributed by atoms with van der Waals surface area (Å²) >= 11 is 0. The van der Waals surface area contributed by atoms with Crippen molar-refractivity contribution in [3.63, 3.8) is 0 Å². The van der Waals surface area contributed by atoms with Gasteiger partial charge in [-0.1, -0.05) is 0 Å². The monoisotopic (exact) mass is 467 g/mol. The molecule has 150 valence electrons. The van der Waals surface area contributed by atoms with E-state index in [4.69, 9.17) is 14.2 Å². The molecule has 0 saturated carbocycles. The van der Waals surface area contributed by atoms with Crippen molar-refractivity contribution in [2.75, 3.05) is 20.8 Å². The molecule has 2 rings (SSSR count). The topological polar surface area (TPSA) is 65.1 Å². The summed E-state index contributed by atoms with van der Waals surface area (Å²) in [5, 5.41) is 0. The summed E-state index contributed by atoms with van der Waals surface area (Å²) in [6.07, 6.45) is 0.353. The first-order chi connectivity index (χ1) is 12.8. The number of amides is 2.